The molecule has 0 atom stereocenters. The van der Waals surface area contributed by atoms with Crippen LogP contribution in [0.4, 0.5) is 8.78 Å². The Morgan fingerprint density at radius 3 is 2.59 bits per heavy atom. The number of hydrogen-bond donors (Lipinski definition) is 0. The molecule has 0 N–H and O–H groups in total. The normalized spacial score (nSPS) is 10.5. The molecule has 0 unspecified atom stereocenters. The minimum absolute atomic E-state index is 0.205. The van der Waals surface area contributed by atoms with Crippen molar-refractivity contribution in [1.29, 1.82) is 0 Å². The molecule has 0 aliphatic heterocycles. The number of rotatable bonds is 7. The Kier molecular flexibility index (Phi) is 6.22. The molecule has 0 heterocycles. The fourth-order valence-corrected chi connectivity index (χ4v) is 1.41. The molecule has 0 aliphatic carbocycles. The molecule has 0 spiro atoms. The highest BCUT2D eigenvalue weighted by atomic mass is 19.3. The third-order valence-corrected chi connectivity index (χ3v) is 2.28. The van der Waals surface area contributed by atoms with Crippen molar-refractivity contribution in [2.45, 2.75) is 32.1 Å². The van der Waals surface area contributed by atoms with Crippen molar-refractivity contribution in [3.8, 4) is 0 Å². The van der Waals surface area contributed by atoms with Gasteiger partial charge in [-0.1, -0.05) is 30.3 Å². The maximum Gasteiger partial charge on any atom is 0.305 e. The second-order valence-electron chi connectivity index (χ2n) is 3.74. The van der Waals surface area contributed by atoms with Gasteiger partial charge in [-0.2, -0.15) is 0 Å². The van der Waals surface area contributed by atoms with Crippen LogP contribution in [0.2, 0.25) is 0 Å². The van der Waals surface area contributed by atoms with E-state index >= 15 is 0 Å². The molecule has 4 heteroatoms. The summed E-state index contributed by atoms with van der Waals surface area (Å²) in [7, 11) is 0. The fourth-order valence-electron chi connectivity index (χ4n) is 1.41. The van der Waals surface area contributed by atoms with Crippen molar-refractivity contribution < 1.29 is 18.3 Å². The molecular weight excluding hydrogens is 226 g/mol. The van der Waals surface area contributed by atoms with Crippen molar-refractivity contribution in [3.05, 3.63) is 35.9 Å². The average molecular weight is 242 g/mol. The Labute approximate surface area is 99.6 Å². The summed E-state index contributed by atoms with van der Waals surface area (Å²) in [5.41, 5.74) is 1.18. The number of alkyl halides is 2. The smallest absolute Gasteiger partial charge is 0.305 e. The van der Waals surface area contributed by atoms with E-state index in [0.717, 1.165) is 6.42 Å². The summed E-state index contributed by atoms with van der Waals surface area (Å²) in [4.78, 5) is 11.0. The van der Waals surface area contributed by atoms with E-state index in [-0.39, 0.29) is 13.0 Å². The van der Waals surface area contributed by atoms with E-state index in [1.807, 2.05) is 30.3 Å². The van der Waals surface area contributed by atoms with Crippen molar-refractivity contribution in [3.63, 3.8) is 0 Å². The first-order valence-electron chi connectivity index (χ1n) is 5.66. The van der Waals surface area contributed by atoms with Crippen LogP contribution in [0.3, 0.4) is 0 Å². The van der Waals surface area contributed by atoms with Gasteiger partial charge in [-0.15, -0.1) is 0 Å². The van der Waals surface area contributed by atoms with Crippen molar-refractivity contribution in [2.75, 3.05) is 6.61 Å². The molecule has 0 saturated carbocycles. The van der Waals surface area contributed by atoms with Gasteiger partial charge < -0.3 is 4.74 Å². The van der Waals surface area contributed by atoms with Crippen molar-refractivity contribution in [1.82, 2.24) is 0 Å². The van der Waals surface area contributed by atoms with Crippen LogP contribution >= 0.6 is 0 Å². The average Bonchev–Trinajstić information content (AvgIpc) is 2.33. The number of halogens is 2. The summed E-state index contributed by atoms with van der Waals surface area (Å²) in [5.74, 6) is -0.543. The zero-order valence-corrected chi connectivity index (χ0v) is 9.57. The summed E-state index contributed by atoms with van der Waals surface area (Å²) >= 11 is 0. The lowest BCUT2D eigenvalue weighted by Gasteiger charge is -2.04. The summed E-state index contributed by atoms with van der Waals surface area (Å²) in [6.45, 7) is 0.289. The number of benzene rings is 1. The highest BCUT2D eigenvalue weighted by molar-refractivity contribution is 5.69. The highest BCUT2D eigenvalue weighted by Gasteiger charge is 2.08. The fraction of sp³-hybridized carbons (Fsp3) is 0.462. The summed E-state index contributed by atoms with van der Waals surface area (Å²) in [6, 6.07) is 9.83. The summed E-state index contributed by atoms with van der Waals surface area (Å²) in [6.07, 6.45) is -1.53. The van der Waals surface area contributed by atoms with Gasteiger partial charge >= 0.3 is 5.97 Å². The van der Waals surface area contributed by atoms with Crippen molar-refractivity contribution >= 4 is 5.97 Å². The number of carbonyl (C=O) groups is 1. The van der Waals surface area contributed by atoms with E-state index in [1.165, 1.54) is 5.56 Å². The second kappa shape index (κ2) is 7.76. The van der Waals surface area contributed by atoms with Crippen LogP contribution in [0.15, 0.2) is 30.3 Å². The van der Waals surface area contributed by atoms with Gasteiger partial charge in [-0.3, -0.25) is 4.79 Å². The standard InChI is InChI=1S/C13H16F2O2/c14-12(15)8-9-13(16)17-10-4-7-11-5-2-1-3-6-11/h1-3,5-6,12H,4,7-10H2. The summed E-state index contributed by atoms with van der Waals surface area (Å²) in [5, 5.41) is 0. The molecule has 0 aromatic heterocycles. The van der Waals surface area contributed by atoms with E-state index in [4.69, 9.17) is 4.74 Å². The third kappa shape index (κ3) is 6.66. The molecule has 0 aliphatic rings. The molecule has 2 nitrogen and oxygen atoms in total. The van der Waals surface area contributed by atoms with Gasteiger partial charge in [0.2, 0.25) is 6.43 Å². The molecule has 1 aromatic rings. The topological polar surface area (TPSA) is 26.3 Å². The number of esters is 1. The minimum Gasteiger partial charge on any atom is -0.466 e. The molecule has 0 radical (unpaired) electrons. The second-order valence-corrected chi connectivity index (χ2v) is 3.74. The lowest BCUT2D eigenvalue weighted by Crippen LogP contribution is -2.08. The quantitative estimate of drug-likeness (QED) is 0.542. The van der Waals surface area contributed by atoms with Crippen LogP contribution in [0.25, 0.3) is 0 Å². The Balaban J connectivity index is 2.06. The molecule has 17 heavy (non-hydrogen) atoms. The number of carbonyl (C=O) groups excluding carboxylic acids is 1. The Morgan fingerprint density at radius 2 is 1.94 bits per heavy atom. The molecule has 1 rings (SSSR count). The predicted molar refractivity (Wildman–Crippen MR) is 61.0 cm³/mol. The van der Waals surface area contributed by atoms with E-state index in [0.29, 0.717) is 6.42 Å². The zero-order valence-electron chi connectivity index (χ0n) is 9.57. The van der Waals surface area contributed by atoms with Crippen LogP contribution in [0.1, 0.15) is 24.8 Å². The molecule has 94 valence electrons. The number of ether oxygens (including phenoxy) is 1. The zero-order chi connectivity index (χ0) is 12.5. The maximum atomic E-state index is 11.8. The van der Waals surface area contributed by atoms with Gasteiger partial charge in [0.15, 0.2) is 0 Å². The Morgan fingerprint density at radius 1 is 1.24 bits per heavy atom. The van der Waals surface area contributed by atoms with E-state index in [9.17, 15) is 13.6 Å². The van der Waals surface area contributed by atoms with Crippen LogP contribution in [-0.4, -0.2) is 19.0 Å². The Hall–Kier alpha value is -1.45. The van der Waals surface area contributed by atoms with Gasteiger partial charge in [0, 0.05) is 6.42 Å². The van der Waals surface area contributed by atoms with Gasteiger partial charge in [0.1, 0.15) is 0 Å². The number of hydrogen-bond acceptors (Lipinski definition) is 2. The van der Waals surface area contributed by atoms with Gasteiger partial charge in [-0.25, -0.2) is 8.78 Å². The van der Waals surface area contributed by atoms with Crippen LogP contribution in [-0.2, 0) is 16.0 Å². The van der Waals surface area contributed by atoms with E-state index < -0.39 is 18.8 Å². The maximum absolute atomic E-state index is 11.8. The lowest BCUT2D eigenvalue weighted by atomic mass is 10.1. The molecule has 0 amide bonds. The number of aryl methyl sites for hydroxylation is 1. The van der Waals surface area contributed by atoms with E-state index in [2.05, 4.69) is 0 Å². The Bertz CT molecular complexity index is 325. The van der Waals surface area contributed by atoms with E-state index in [1.54, 1.807) is 0 Å². The lowest BCUT2D eigenvalue weighted by molar-refractivity contribution is -0.144. The van der Waals surface area contributed by atoms with Gasteiger partial charge in [0.05, 0.1) is 13.0 Å². The van der Waals surface area contributed by atoms with Crippen LogP contribution in [0, 0.1) is 0 Å². The first-order valence-corrected chi connectivity index (χ1v) is 5.66. The largest absolute Gasteiger partial charge is 0.466 e. The molecular formula is C13H16F2O2. The monoisotopic (exact) mass is 242 g/mol. The molecule has 1 aromatic carbocycles. The van der Waals surface area contributed by atoms with Gasteiger partial charge in [-0.05, 0) is 18.4 Å². The van der Waals surface area contributed by atoms with Crippen LogP contribution in [0.5, 0.6) is 0 Å². The first-order chi connectivity index (χ1) is 8.18. The van der Waals surface area contributed by atoms with Crippen molar-refractivity contribution in [2.24, 2.45) is 0 Å². The minimum atomic E-state index is -2.44. The first kappa shape index (κ1) is 13.6. The van der Waals surface area contributed by atoms with Gasteiger partial charge in [0.25, 0.3) is 0 Å². The molecule has 0 fully saturated rings. The summed E-state index contributed by atoms with van der Waals surface area (Å²) < 4.78 is 28.4. The predicted octanol–water partition coefficient (Wildman–Crippen LogP) is 3.21. The SMILES string of the molecule is O=C(CCC(F)F)OCCCc1ccccc1. The highest BCUT2D eigenvalue weighted by Crippen LogP contribution is 2.05. The molecule has 0 bridgehead atoms. The van der Waals surface area contributed by atoms with Crippen LogP contribution < -0.4 is 0 Å². The molecule has 0 saturated heterocycles. The third-order valence-electron chi connectivity index (χ3n) is 2.28.